The summed E-state index contributed by atoms with van der Waals surface area (Å²) in [5.41, 5.74) is 2.76. The van der Waals surface area contributed by atoms with Crippen molar-refractivity contribution in [1.29, 1.82) is 0 Å². The number of ether oxygens (including phenoxy) is 1. The molecule has 8 nitrogen and oxygen atoms in total. The fourth-order valence-electron chi connectivity index (χ4n) is 2.47. The van der Waals surface area contributed by atoms with Gasteiger partial charge >= 0.3 is 0 Å². The summed E-state index contributed by atoms with van der Waals surface area (Å²) in [6, 6.07) is 15.2. The van der Waals surface area contributed by atoms with E-state index in [-0.39, 0.29) is 11.7 Å². The molecule has 28 heavy (non-hydrogen) atoms. The molecule has 0 spiro atoms. The highest BCUT2D eigenvalue weighted by atomic mass is 32.2. The Hall–Kier alpha value is -3.20. The van der Waals surface area contributed by atoms with Gasteiger partial charge in [-0.3, -0.25) is 4.79 Å². The number of thioether (sulfide) groups is 1. The smallest absolute Gasteiger partial charge is 0.234 e. The van der Waals surface area contributed by atoms with Crippen LogP contribution in [0.25, 0.3) is 0 Å². The first kappa shape index (κ1) is 19.6. The van der Waals surface area contributed by atoms with Gasteiger partial charge in [-0.25, -0.2) is 4.68 Å². The Morgan fingerprint density at radius 3 is 2.68 bits per heavy atom. The maximum Gasteiger partial charge on any atom is 0.234 e. The van der Waals surface area contributed by atoms with Crippen molar-refractivity contribution in [2.24, 2.45) is 0 Å². The SMILES string of the molecule is COc1ccc(NCc2nnc(SCC(=O)Nc3cccc(C)c3)n2N)cc1. The van der Waals surface area contributed by atoms with Gasteiger partial charge in [0.15, 0.2) is 5.82 Å². The van der Waals surface area contributed by atoms with Gasteiger partial charge in [0.05, 0.1) is 19.4 Å². The minimum Gasteiger partial charge on any atom is -0.497 e. The van der Waals surface area contributed by atoms with Crippen molar-refractivity contribution in [3.63, 3.8) is 0 Å². The summed E-state index contributed by atoms with van der Waals surface area (Å²) >= 11 is 1.23. The third-order valence-corrected chi connectivity index (χ3v) is 4.85. The fraction of sp³-hybridized carbons (Fsp3) is 0.211. The summed E-state index contributed by atoms with van der Waals surface area (Å²) in [4.78, 5) is 12.1. The lowest BCUT2D eigenvalue weighted by Crippen LogP contribution is -2.18. The molecule has 9 heteroatoms. The van der Waals surface area contributed by atoms with Gasteiger partial charge < -0.3 is 21.2 Å². The number of aromatic nitrogens is 3. The van der Waals surface area contributed by atoms with Crippen LogP contribution in [-0.2, 0) is 11.3 Å². The minimum absolute atomic E-state index is 0.128. The Balaban J connectivity index is 1.51. The molecular weight excluding hydrogens is 376 g/mol. The van der Waals surface area contributed by atoms with Gasteiger partial charge in [0.1, 0.15) is 5.75 Å². The number of carbonyl (C=O) groups is 1. The van der Waals surface area contributed by atoms with E-state index in [2.05, 4.69) is 20.8 Å². The van der Waals surface area contributed by atoms with E-state index in [0.717, 1.165) is 22.7 Å². The molecule has 2 aromatic carbocycles. The minimum atomic E-state index is -0.128. The fourth-order valence-corrected chi connectivity index (χ4v) is 3.14. The molecule has 0 saturated heterocycles. The third-order valence-electron chi connectivity index (χ3n) is 3.91. The summed E-state index contributed by atoms with van der Waals surface area (Å²) in [6.45, 7) is 2.38. The second-order valence-corrected chi connectivity index (χ2v) is 7.00. The lowest BCUT2D eigenvalue weighted by molar-refractivity contribution is -0.113. The Morgan fingerprint density at radius 2 is 1.96 bits per heavy atom. The van der Waals surface area contributed by atoms with E-state index >= 15 is 0 Å². The highest BCUT2D eigenvalue weighted by Crippen LogP contribution is 2.18. The molecule has 0 saturated carbocycles. The van der Waals surface area contributed by atoms with Crippen molar-refractivity contribution in [3.8, 4) is 5.75 Å². The number of amides is 1. The molecule has 1 aromatic heterocycles. The van der Waals surface area contributed by atoms with Crippen LogP contribution in [-0.4, -0.2) is 33.6 Å². The van der Waals surface area contributed by atoms with E-state index < -0.39 is 0 Å². The number of carbonyl (C=O) groups excluding carboxylic acids is 1. The Kier molecular flexibility index (Phi) is 6.38. The molecule has 3 aromatic rings. The Morgan fingerprint density at radius 1 is 1.18 bits per heavy atom. The first-order valence-electron chi connectivity index (χ1n) is 8.62. The number of nitrogens with one attached hydrogen (secondary N) is 2. The number of nitrogens with zero attached hydrogens (tertiary/aromatic N) is 3. The van der Waals surface area contributed by atoms with Crippen LogP contribution in [0.15, 0.2) is 53.7 Å². The van der Waals surface area contributed by atoms with E-state index in [1.54, 1.807) is 7.11 Å². The highest BCUT2D eigenvalue weighted by Gasteiger charge is 2.12. The number of hydrogen-bond donors (Lipinski definition) is 3. The predicted octanol–water partition coefficient (Wildman–Crippen LogP) is 2.65. The average Bonchev–Trinajstić information content (AvgIpc) is 3.05. The highest BCUT2D eigenvalue weighted by molar-refractivity contribution is 7.99. The topological polar surface area (TPSA) is 107 Å². The molecular formula is C19H22N6O2S. The molecule has 0 aliphatic carbocycles. The van der Waals surface area contributed by atoms with E-state index in [4.69, 9.17) is 10.6 Å². The van der Waals surface area contributed by atoms with Gasteiger partial charge in [-0.2, -0.15) is 0 Å². The number of nitrogen functional groups attached to an aromatic ring is 1. The van der Waals surface area contributed by atoms with Gasteiger partial charge in [0.25, 0.3) is 0 Å². The summed E-state index contributed by atoms with van der Waals surface area (Å²) < 4.78 is 6.52. The molecule has 4 N–H and O–H groups in total. The predicted molar refractivity (Wildman–Crippen MR) is 111 cm³/mol. The Labute approximate surface area is 167 Å². The van der Waals surface area contributed by atoms with Crippen LogP contribution in [0.5, 0.6) is 5.75 Å². The number of nitrogens with two attached hydrogens (primary N) is 1. The van der Waals surface area contributed by atoms with Crippen LogP contribution in [0.3, 0.4) is 0 Å². The van der Waals surface area contributed by atoms with E-state index in [0.29, 0.717) is 17.5 Å². The lowest BCUT2D eigenvalue weighted by Gasteiger charge is -2.08. The van der Waals surface area contributed by atoms with Crippen molar-refractivity contribution in [1.82, 2.24) is 14.9 Å². The van der Waals surface area contributed by atoms with Crippen LogP contribution in [0, 0.1) is 6.92 Å². The maximum absolute atomic E-state index is 12.1. The van der Waals surface area contributed by atoms with Crippen LogP contribution < -0.4 is 21.2 Å². The molecule has 0 radical (unpaired) electrons. The number of aryl methyl sites for hydroxylation is 1. The molecule has 0 aliphatic rings. The van der Waals surface area contributed by atoms with Crippen LogP contribution in [0.2, 0.25) is 0 Å². The number of benzene rings is 2. The zero-order valence-electron chi connectivity index (χ0n) is 15.7. The first-order chi connectivity index (χ1) is 13.5. The summed E-state index contributed by atoms with van der Waals surface area (Å²) in [7, 11) is 1.62. The zero-order chi connectivity index (χ0) is 19.9. The summed E-state index contributed by atoms with van der Waals surface area (Å²) in [5.74, 6) is 7.47. The van der Waals surface area contributed by atoms with Crippen LogP contribution in [0.1, 0.15) is 11.4 Å². The molecule has 1 amide bonds. The second-order valence-electron chi connectivity index (χ2n) is 6.06. The largest absolute Gasteiger partial charge is 0.497 e. The van der Waals surface area contributed by atoms with Crippen molar-refractivity contribution in [2.75, 3.05) is 29.3 Å². The average molecular weight is 398 g/mol. The zero-order valence-corrected chi connectivity index (χ0v) is 16.5. The van der Waals surface area contributed by atoms with Gasteiger partial charge in [-0.05, 0) is 48.9 Å². The molecule has 3 rings (SSSR count). The number of rotatable bonds is 8. The quantitative estimate of drug-likeness (QED) is 0.395. The molecule has 0 aliphatic heterocycles. The molecule has 0 atom stereocenters. The van der Waals surface area contributed by atoms with Gasteiger partial charge in [-0.15, -0.1) is 10.2 Å². The molecule has 146 valence electrons. The first-order valence-corrected chi connectivity index (χ1v) is 9.60. The molecule has 0 unspecified atom stereocenters. The summed E-state index contributed by atoms with van der Waals surface area (Å²) in [5, 5.41) is 14.7. The van der Waals surface area contributed by atoms with Gasteiger partial charge in [0, 0.05) is 11.4 Å². The van der Waals surface area contributed by atoms with Crippen molar-refractivity contribution in [2.45, 2.75) is 18.6 Å². The number of methoxy groups -OCH3 is 1. The maximum atomic E-state index is 12.1. The standard InChI is InChI=1S/C19H22N6O2S/c1-13-4-3-5-15(10-13)22-18(26)12-28-19-24-23-17(25(19)20)11-21-14-6-8-16(27-2)9-7-14/h3-10,21H,11-12,20H2,1-2H3,(H,22,26). The van der Waals surface area contributed by atoms with Crippen LogP contribution >= 0.6 is 11.8 Å². The number of anilines is 2. The van der Waals surface area contributed by atoms with E-state index in [1.165, 1.54) is 16.4 Å². The molecule has 0 bridgehead atoms. The normalized spacial score (nSPS) is 10.5. The molecule has 0 fully saturated rings. The van der Waals surface area contributed by atoms with Crippen molar-refractivity contribution >= 4 is 29.0 Å². The van der Waals surface area contributed by atoms with Gasteiger partial charge in [0.2, 0.25) is 11.1 Å². The molecule has 1 heterocycles. The van der Waals surface area contributed by atoms with E-state index in [9.17, 15) is 4.79 Å². The summed E-state index contributed by atoms with van der Waals surface area (Å²) in [6.07, 6.45) is 0. The third kappa shape index (κ3) is 5.17. The van der Waals surface area contributed by atoms with Gasteiger partial charge in [-0.1, -0.05) is 23.9 Å². The Bertz CT molecular complexity index is 942. The van der Waals surface area contributed by atoms with E-state index in [1.807, 2.05) is 55.5 Å². The second kappa shape index (κ2) is 9.14. The lowest BCUT2D eigenvalue weighted by atomic mass is 10.2. The van der Waals surface area contributed by atoms with Crippen LogP contribution in [0.4, 0.5) is 11.4 Å². The monoisotopic (exact) mass is 398 g/mol. The van der Waals surface area contributed by atoms with Crippen molar-refractivity contribution in [3.05, 3.63) is 59.9 Å². The number of hydrogen-bond acceptors (Lipinski definition) is 7. The van der Waals surface area contributed by atoms with Crippen molar-refractivity contribution < 1.29 is 9.53 Å².